The fraction of sp³-hybridized carbons (Fsp3) is 0.611. The summed E-state index contributed by atoms with van der Waals surface area (Å²) in [6.07, 6.45) is 7.46. The Balaban J connectivity index is 1.39. The van der Waals surface area contributed by atoms with E-state index in [4.69, 9.17) is 4.52 Å². The fourth-order valence-corrected chi connectivity index (χ4v) is 5.59. The highest BCUT2D eigenvalue weighted by molar-refractivity contribution is 7.91. The molecule has 0 unspecified atom stereocenters. The van der Waals surface area contributed by atoms with Gasteiger partial charge < -0.3 is 9.42 Å². The zero-order valence-electron chi connectivity index (χ0n) is 15.6. The molecule has 2 aliphatic rings. The maximum Gasteiger partial charge on any atom is 0.250 e. The highest BCUT2D eigenvalue weighted by Gasteiger charge is 2.27. The highest BCUT2D eigenvalue weighted by Crippen LogP contribution is 2.36. The van der Waals surface area contributed by atoms with Gasteiger partial charge >= 0.3 is 0 Å². The van der Waals surface area contributed by atoms with Crippen LogP contribution < -0.4 is 4.72 Å². The first-order chi connectivity index (χ1) is 13.5. The first kappa shape index (κ1) is 19.5. The van der Waals surface area contributed by atoms with E-state index in [1.54, 1.807) is 10.3 Å². The average molecular weight is 425 g/mol. The van der Waals surface area contributed by atoms with Crippen LogP contribution in [0.5, 0.6) is 0 Å². The van der Waals surface area contributed by atoms with Gasteiger partial charge in [-0.2, -0.15) is 4.98 Å². The number of hydrogen-bond acceptors (Lipinski definition) is 7. The largest absolute Gasteiger partial charge is 0.342 e. The summed E-state index contributed by atoms with van der Waals surface area (Å²) >= 11 is 1.08. The van der Waals surface area contributed by atoms with Crippen molar-refractivity contribution in [1.82, 2.24) is 19.8 Å². The zero-order chi connectivity index (χ0) is 19.6. The Morgan fingerprint density at radius 1 is 1.21 bits per heavy atom. The van der Waals surface area contributed by atoms with E-state index in [0.29, 0.717) is 36.3 Å². The number of thiophene rings is 1. The van der Waals surface area contributed by atoms with Crippen LogP contribution in [0.2, 0.25) is 0 Å². The van der Waals surface area contributed by atoms with E-state index in [-0.39, 0.29) is 16.7 Å². The summed E-state index contributed by atoms with van der Waals surface area (Å²) < 4.78 is 33.0. The van der Waals surface area contributed by atoms with Crippen LogP contribution >= 0.6 is 11.3 Å². The molecule has 0 aromatic carbocycles. The predicted molar refractivity (Wildman–Crippen MR) is 104 cm³/mol. The normalized spacial score (nSPS) is 18.6. The molecule has 0 spiro atoms. The van der Waals surface area contributed by atoms with E-state index < -0.39 is 10.0 Å². The molecule has 10 heteroatoms. The Kier molecular flexibility index (Phi) is 5.79. The van der Waals surface area contributed by atoms with E-state index >= 15 is 0 Å². The minimum atomic E-state index is -3.76. The third-order valence-electron chi connectivity index (χ3n) is 5.37. The van der Waals surface area contributed by atoms with Gasteiger partial charge in [-0.05, 0) is 31.7 Å². The van der Waals surface area contributed by atoms with Gasteiger partial charge in [-0.1, -0.05) is 24.4 Å². The maximum absolute atomic E-state index is 12.6. The van der Waals surface area contributed by atoms with E-state index in [9.17, 15) is 13.2 Å². The minimum Gasteiger partial charge on any atom is -0.342 e. The summed E-state index contributed by atoms with van der Waals surface area (Å²) in [5.74, 6) is 1.18. The Morgan fingerprint density at radius 3 is 2.64 bits per heavy atom. The number of nitrogens with zero attached hydrogens (tertiary/aromatic N) is 3. The molecule has 1 saturated carbocycles. The molecule has 4 rings (SSSR count). The summed E-state index contributed by atoms with van der Waals surface area (Å²) in [6.45, 7) is 1.18. The Bertz CT molecular complexity index is 925. The van der Waals surface area contributed by atoms with Gasteiger partial charge in [-0.3, -0.25) is 4.79 Å². The van der Waals surface area contributed by atoms with E-state index in [2.05, 4.69) is 14.9 Å². The van der Waals surface area contributed by atoms with Crippen molar-refractivity contribution in [3.8, 4) is 11.4 Å². The van der Waals surface area contributed by atoms with Gasteiger partial charge in [-0.15, -0.1) is 11.3 Å². The van der Waals surface area contributed by atoms with Gasteiger partial charge in [-0.25, -0.2) is 13.1 Å². The van der Waals surface area contributed by atoms with Crippen molar-refractivity contribution in [3.05, 3.63) is 17.3 Å². The summed E-state index contributed by atoms with van der Waals surface area (Å²) in [7, 11) is -3.76. The monoisotopic (exact) mass is 424 g/mol. The van der Waals surface area contributed by atoms with Crippen molar-refractivity contribution >= 4 is 27.3 Å². The summed E-state index contributed by atoms with van der Waals surface area (Å²) in [5, 5.41) is 5.67. The number of sulfonamides is 1. The van der Waals surface area contributed by atoms with E-state index in [1.807, 2.05) is 0 Å². The molecular weight excluding hydrogens is 400 g/mol. The Labute approximate surface area is 168 Å². The van der Waals surface area contributed by atoms with Crippen molar-refractivity contribution in [2.45, 2.75) is 55.1 Å². The van der Waals surface area contributed by atoms with Crippen LogP contribution in [-0.4, -0.2) is 49.0 Å². The highest BCUT2D eigenvalue weighted by atomic mass is 32.2. The van der Waals surface area contributed by atoms with Crippen LogP contribution in [0, 0.1) is 0 Å². The van der Waals surface area contributed by atoms with Gasteiger partial charge in [0.15, 0.2) is 0 Å². The van der Waals surface area contributed by atoms with Gasteiger partial charge in [0.1, 0.15) is 4.21 Å². The SMILES string of the molecule is O=C(CNS(=O)(=O)c1cc(-c2noc(C3CCC3)n2)cs1)N1CCCCCC1. The molecule has 2 aromatic heterocycles. The number of nitrogens with one attached hydrogen (secondary N) is 1. The lowest BCUT2D eigenvalue weighted by atomic mass is 9.85. The number of carbonyl (C=O) groups is 1. The topological polar surface area (TPSA) is 105 Å². The molecular formula is C18H24N4O4S2. The van der Waals surface area contributed by atoms with Crippen molar-refractivity contribution in [2.24, 2.45) is 0 Å². The second-order valence-corrected chi connectivity index (χ2v) is 10.3. The standard InChI is InChI=1S/C18H24N4O4S2/c23-15(22-8-3-1-2-4-9-22)11-19-28(24,25)16-10-14(12-27-16)17-20-18(26-21-17)13-6-5-7-13/h10,12-13,19H,1-9,11H2. The van der Waals surface area contributed by atoms with Crippen molar-refractivity contribution < 1.29 is 17.7 Å². The number of likely N-dealkylation sites (tertiary alicyclic amines) is 1. The molecule has 2 fully saturated rings. The molecule has 2 aromatic rings. The van der Waals surface area contributed by atoms with E-state index in [0.717, 1.165) is 49.9 Å². The Morgan fingerprint density at radius 2 is 1.96 bits per heavy atom. The summed E-state index contributed by atoms with van der Waals surface area (Å²) in [6, 6.07) is 1.53. The second kappa shape index (κ2) is 8.30. The molecule has 1 aliphatic carbocycles. The first-order valence-corrected chi connectivity index (χ1v) is 12.1. The van der Waals surface area contributed by atoms with Crippen molar-refractivity contribution in [2.75, 3.05) is 19.6 Å². The molecule has 3 heterocycles. The molecule has 8 nitrogen and oxygen atoms in total. The molecule has 1 saturated heterocycles. The van der Waals surface area contributed by atoms with Crippen LogP contribution in [0.3, 0.4) is 0 Å². The minimum absolute atomic E-state index is 0.140. The number of hydrogen-bond donors (Lipinski definition) is 1. The lowest BCUT2D eigenvalue weighted by Crippen LogP contribution is -2.40. The summed E-state index contributed by atoms with van der Waals surface area (Å²) in [4.78, 5) is 18.5. The van der Waals surface area contributed by atoms with Crippen LogP contribution in [0.15, 0.2) is 20.2 Å². The molecule has 0 radical (unpaired) electrons. The average Bonchev–Trinajstić information content (AvgIpc) is 3.22. The smallest absolute Gasteiger partial charge is 0.250 e. The van der Waals surface area contributed by atoms with Gasteiger partial charge in [0.05, 0.1) is 6.54 Å². The van der Waals surface area contributed by atoms with E-state index in [1.165, 1.54) is 12.5 Å². The first-order valence-electron chi connectivity index (χ1n) is 9.73. The molecule has 0 bridgehead atoms. The van der Waals surface area contributed by atoms with Crippen LogP contribution in [-0.2, 0) is 14.8 Å². The van der Waals surface area contributed by atoms with Crippen molar-refractivity contribution in [1.29, 1.82) is 0 Å². The van der Waals surface area contributed by atoms with Crippen LogP contribution in [0.4, 0.5) is 0 Å². The van der Waals surface area contributed by atoms with Gasteiger partial charge in [0, 0.05) is 30.0 Å². The molecule has 1 N–H and O–H groups in total. The van der Waals surface area contributed by atoms with Gasteiger partial charge in [0.25, 0.3) is 10.0 Å². The quantitative estimate of drug-likeness (QED) is 0.764. The lowest BCUT2D eigenvalue weighted by molar-refractivity contribution is -0.129. The zero-order valence-corrected chi connectivity index (χ0v) is 17.2. The maximum atomic E-state index is 12.6. The van der Waals surface area contributed by atoms with Crippen LogP contribution in [0.1, 0.15) is 56.8 Å². The third kappa shape index (κ3) is 4.28. The molecule has 1 amide bonds. The Hall–Kier alpha value is -1.78. The summed E-state index contributed by atoms with van der Waals surface area (Å²) in [5.41, 5.74) is 0.610. The number of aromatic nitrogens is 2. The van der Waals surface area contributed by atoms with Crippen LogP contribution in [0.25, 0.3) is 11.4 Å². The third-order valence-corrected chi connectivity index (χ3v) is 8.21. The second-order valence-electron chi connectivity index (χ2n) is 7.36. The molecule has 28 heavy (non-hydrogen) atoms. The fourth-order valence-electron chi connectivity index (χ4n) is 3.41. The lowest BCUT2D eigenvalue weighted by Gasteiger charge is -2.20. The number of carbonyl (C=O) groups excluding carboxylic acids is 1. The number of amides is 1. The molecule has 0 atom stereocenters. The molecule has 152 valence electrons. The predicted octanol–water partition coefficient (Wildman–Crippen LogP) is 2.75. The van der Waals surface area contributed by atoms with Crippen molar-refractivity contribution in [3.63, 3.8) is 0 Å². The van der Waals surface area contributed by atoms with Gasteiger partial charge in [0.2, 0.25) is 17.6 Å². The number of rotatable bonds is 6. The molecule has 1 aliphatic heterocycles.